The molecular weight excluding hydrogens is 310 g/mol. The van der Waals surface area contributed by atoms with E-state index in [2.05, 4.69) is 16.7 Å². The van der Waals surface area contributed by atoms with Gasteiger partial charge in [0.15, 0.2) is 0 Å². The molecule has 0 aliphatic carbocycles. The minimum absolute atomic E-state index is 0.418. The molecule has 5 nitrogen and oxygen atoms in total. The van der Waals surface area contributed by atoms with E-state index in [-0.39, 0.29) is 0 Å². The quantitative estimate of drug-likeness (QED) is 0.821. The first-order valence-corrected chi connectivity index (χ1v) is 8.58. The maximum Gasteiger partial charge on any atom is 0.276 e. The molecule has 0 amide bonds. The maximum atomic E-state index is 11.3. The third-order valence-corrected chi connectivity index (χ3v) is 4.62. The zero-order chi connectivity index (χ0) is 15.3. The van der Waals surface area contributed by atoms with E-state index >= 15 is 0 Å². The Hall–Kier alpha value is -1.10. The Morgan fingerprint density at radius 3 is 2.52 bits per heavy atom. The normalized spacial score (nSPS) is 17.8. The van der Waals surface area contributed by atoms with Crippen molar-refractivity contribution in [2.75, 3.05) is 32.7 Å². The lowest BCUT2D eigenvalue weighted by Crippen LogP contribution is -2.39. The van der Waals surface area contributed by atoms with Gasteiger partial charge in [0, 0.05) is 36.8 Å². The van der Waals surface area contributed by atoms with Gasteiger partial charge in [-0.2, -0.15) is 12.7 Å². The number of rotatable bonds is 2. The number of nitrogens with two attached hydrogens (primary N) is 1. The molecule has 0 saturated carbocycles. The van der Waals surface area contributed by atoms with Gasteiger partial charge in [0.1, 0.15) is 0 Å². The van der Waals surface area contributed by atoms with Gasteiger partial charge in [0.2, 0.25) is 0 Å². The fourth-order valence-corrected chi connectivity index (χ4v) is 2.99. The zero-order valence-electron chi connectivity index (χ0n) is 11.6. The minimum Gasteiger partial charge on any atom is -0.291 e. The summed E-state index contributed by atoms with van der Waals surface area (Å²) < 4.78 is 24.0. The molecule has 0 unspecified atom stereocenters. The second-order valence-electron chi connectivity index (χ2n) is 4.88. The molecular formula is C14H18ClN3O2S. The zero-order valence-corrected chi connectivity index (χ0v) is 13.2. The van der Waals surface area contributed by atoms with Gasteiger partial charge in [-0.25, -0.2) is 5.14 Å². The van der Waals surface area contributed by atoms with Crippen LogP contribution in [0.2, 0.25) is 5.02 Å². The van der Waals surface area contributed by atoms with Gasteiger partial charge in [-0.3, -0.25) is 4.90 Å². The van der Waals surface area contributed by atoms with Gasteiger partial charge < -0.3 is 0 Å². The summed E-state index contributed by atoms with van der Waals surface area (Å²) in [7, 11) is -3.58. The highest BCUT2D eigenvalue weighted by molar-refractivity contribution is 7.86. The van der Waals surface area contributed by atoms with Crippen molar-refractivity contribution in [2.45, 2.75) is 6.42 Å². The van der Waals surface area contributed by atoms with Crippen molar-refractivity contribution in [1.29, 1.82) is 0 Å². The van der Waals surface area contributed by atoms with Gasteiger partial charge in [0.25, 0.3) is 10.2 Å². The molecule has 21 heavy (non-hydrogen) atoms. The van der Waals surface area contributed by atoms with E-state index < -0.39 is 10.2 Å². The van der Waals surface area contributed by atoms with Gasteiger partial charge in [-0.05, 0) is 30.7 Å². The first-order chi connectivity index (χ1) is 9.95. The molecule has 7 heteroatoms. The molecule has 0 radical (unpaired) electrons. The monoisotopic (exact) mass is 327 g/mol. The molecule has 2 rings (SSSR count). The average Bonchev–Trinajstić information content (AvgIpc) is 2.66. The molecule has 0 spiro atoms. The highest BCUT2D eigenvalue weighted by Crippen LogP contribution is 2.08. The maximum absolute atomic E-state index is 11.3. The fraction of sp³-hybridized carbons (Fsp3) is 0.429. The molecule has 114 valence electrons. The topological polar surface area (TPSA) is 66.6 Å². The second-order valence-corrected chi connectivity index (χ2v) is 6.87. The van der Waals surface area contributed by atoms with E-state index in [9.17, 15) is 8.42 Å². The van der Waals surface area contributed by atoms with Crippen LogP contribution in [-0.4, -0.2) is 50.3 Å². The van der Waals surface area contributed by atoms with Crippen LogP contribution in [0, 0.1) is 11.8 Å². The molecule has 1 fully saturated rings. The van der Waals surface area contributed by atoms with Crippen LogP contribution in [0.15, 0.2) is 24.3 Å². The first kappa shape index (κ1) is 16.3. The molecule has 0 bridgehead atoms. The van der Waals surface area contributed by atoms with Crippen LogP contribution in [0.5, 0.6) is 0 Å². The molecule has 1 heterocycles. The van der Waals surface area contributed by atoms with Gasteiger partial charge in [0.05, 0.1) is 6.54 Å². The van der Waals surface area contributed by atoms with E-state index in [1.165, 1.54) is 4.31 Å². The van der Waals surface area contributed by atoms with Gasteiger partial charge in [-0.15, -0.1) is 0 Å². The summed E-state index contributed by atoms with van der Waals surface area (Å²) in [4.78, 5) is 2.13. The van der Waals surface area contributed by atoms with Crippen LogP contribution < -0.4 is 5.14 Å². The van der Waals surface area contributed by atoms with Crippen molar-refractivity contribution in [1.82, 2.24) is 9.21 Å². The van der Waals surface area contributed by atoms with E-state index in [1.807, 2.05) is 24.3 Å². The number of hydrogen-bond donors (Lipinski definition) is 1. The third kappa shape index (κ3) is 5.30. The van der Waals surface area contributed by atoms with Crippen molar-refractivity contribution in [3.63, 3.8) is 0 Å². The van der Waals surface area contributed by atoms with Crippen molar-refractivity contribution in [3.8, 4) is 11.8 Å². The Kier molecular flexibility index (Phi) is 5.62. The molecule has 1 aliphatic heterocycles. The molecule has 2 N–H and O–H groups in total. The summed E-state index contributed by atoms with van der Waals surface area (Å²) in [5.41, 5.74) is 0.917. The summed E-state index contributed by atoms with van der Waals surface area (Å²) in [6.07, 6.45) is 0.763. The average molecular weight is 328 g/mol. The molecule has 1 aromatic carbocycles. The summed E-state index contributed by atoms with van der Waals surface area (Å²) in [6.45, 7) is 2.97. The van der Waals surface area contributed by atoms with E-state index in [0.29, 0.717) is 31.2 Å². The SMILES string of the molecule is NS(=O)(=O)N1CCCN(CC#Cc2ccc(Cl)cc2)CC1. The summed E-state index contributed by atoms with van der Waals surface area (Å²) in [5.74, 6) is 6.18. The Balaban J connectivity index is 1.89. The smallest absolute Gasteiger partial charge is 0.276 e. The molecule has 1 saturated heterocycles. The molecule has 0 atom stereocenters. The largest absolute Gasteiger partial charge is 0.291 e. The predicted octanol–water partition coefficient (Wildman–Crippen LogP) is 0.903. The van der Waals surface area contributed by atoms with Crippen molar-refractivity contribution in [3.05, 3.63) is 34.9 Å². The lowest BCUT2D eigenvalue weighted by Gasteiger charge is -2.17. The third-order valence-electron chi connectivity index (χ3n) is 3.29. The molecule has 1 aromatic rings. The lowest BCUT2D eigenvalue weighted by molar-refractivity contribution is 0.320. The number of nitrogens with zero attached hydrogens (tertiary/aromatic N) is 2. The highest BCUT2D eigenvalue weighted by Gasteiger charge is 2.21. The Labute approximate surface area is 130 Å². The number of halogens is 1. The Morgan fingerprint density at radius 1 is 1.14 bits per heavy atom. The Morgan fingerprint density at radius 2 is 1.86 bits per heavy atom. The van der Waals surface area contributed by atoms with Crippen LogP contribution in [-0.2, 0) is 10.2 Å². The van der Waals surface area contributed by atoms with Crippen LogP contribution in [0.4, 0.5) is 0 Å². The van der Waals surface area contributed by atoms with E-state index in [4.69, 9.17) is 16.7 Å². The molecule has 1 aliphatic rings. The minimum atomic E-state index is -3.58. The first-order valence-electron chi connectivity index (χ1n) is 6.70. The fourth-order valence-electron chi connectivity index (χ4n) is 2.15. The van der Waals surface area contributed by atoms with Crippen LogP contribution in [0.3, 0.4) is 0 Å². The standard InChI is InChI=1S/C14H18ClN3O2S/c15-14-6-4-13(5-7-14)3-1-8-17-9-2-10-18(12-11-17)21(16,19)20/h4-7H,2,8-12H2,(H2,16,19,20). The predicted molar refractivity (Wildman–Crippen MR) is 84.1 cm³/mol. The van der Waals surface area contributed by atoms with E-state index in [0.717, 1.165) is 18.5 Å². The molecule has 0 aromatic heterocycles. The Bertz CT molecular complexity index is 634. The van der Waals surface area contributed by atoms with Crippen LogP contribution in [0.1, 0.15) is 12.0 Å². The van der Waals surface area contributed by atoms with Gasteiger partial charge >= 0.3 is 0 Å². The van der Waals surface area contributed by atoms with E-state index in [1.54, 1.807) is 0 Å². The highest BCUT2D eigenvalue weighted by atomic mass is 35.5. The summed E-state index contributed by atoms with van der Waals surface area (Å²) >= 11 is 5.82. The number of hydrogen-bond acceptors (Lipinski definition) is 3. The van der Waals surface area contributed by atoms with Crippen molar-refractivity contribution in [2.24, 2.45) is 5.14 Å². The lowest BCUT2D eigenvalue weighted by atomic mass is 10.2. The van der Waals surface area contributed by atoms with Gasteiger partial charge in [-0.1, -0.05) is 23.4 Å². The van der Waals surface area contributed by atoms with Crippen molar-refractivity contribution < 1.29 is 8.42 Å². The second kappa shape index (κ2) is 7.25. The van der Waals surface area contributed by atoms with Crippen LogP contribution >= 0.6 is 11.6 Å². The van der Waals surface area contributed by atoms with Crippen LogP contribution in [0.25, 0.3) is 0 Å². The summed E-state index contributed by atoms with van der Waals surface area (Å²) in [5, 5.41) is 5.85. The van der Waals surface area contributed by atoms with Crippen molar-refractivity contribution >= 4 is 21.8 Å². The number of benzene rings is 1. The summed E-state index contributed by atoms with van der Waals surface area (Å²) in [6, 6.07) is 7.37.